The molecule has 0 spiro atoms. The summed E-state index contributed by atoms with van der Waals surface area (Å²) >= 11 is 5.74. The Morgan fingerprint density at radius 1 is 1.21 bits per heavy atom. The van der Waals surface area contributed by atoms with Gasteiger partial charge in [0.15, 0.2) is 0 Å². The summed E-state index contributed by atoms with van der Waals surface area (Å²) in [5.41, 5.74) is 2.02. The van der Waals surface area contributed by atoms with Gasteiger partial charge in [-0.15, -0.1) is 0 Å². The highest BCUT2D eigenvalue weighted by Gasteiger charge is 2.38. The second-order valence-electron chi connectivity index (χ2n) is 5.40. The van der Waals surface area contributed by atoms with Gasteiger partial charge in [-0.2, -0.15) is 13.2 Å². The molecule has 3 heterocycles. The van der Waals surface area contributed by atoms with Gasteiger partial charge in [-0.05, 0) is 37.6 Å². The number of hydrogen-bond acceptors (Lipinski definition) is 4. The Balaban J connectivity index is 2.04. The second-order valence-corrected chi connectivity index (χ2v) is 5.74. The molecule has 0 N–H and O–H groups in total. The van der Waals surface area contributed by atoms with Gasteiger partial charge in [0.2, 0.25) is 5.28 Å². The van der Waals surface area contributed by atoms with Crippen molar-refractivity contribution in [2.45, 2.75) is 32.5 Å². The zero-order valence-corrected chi connectivity index (χ0v) is 13.6. The summed E-state index contributed by atoms with van der Waals surface area (Å²) in [7, 11) is 0. The van der Waals surface area contributed by atoms with Gasteiger partial charge in [0, 0.05) is 18.3 Å². The van der Waals surface area contributed by atoms with Crippen molar-refractivity contribution >= 4 is 22.6 Å². The topological polar surface area (TPSA) is 56.5 Å². The van der Waals surface area contributed by atoms with E-state index >= 15 is 0 Å². The summed E-state index contributed by atoms with van der Waals surface area (Å²) in [6.45, 7) is 2.66. The highest BCUT2D eigenvalue weighted by molar-refractivity contribution is 6.28. The zero-order valence-electron chi connectivity index (χ0n) is 12.8. The summed E-state index contributed by atoms with van der Waals surface area (Å²) in [4.78, 5) is 16.3. The highest BCUT2D eigenvalue weighted by atomic mass is 35.5. The van der Waals surface area contributed by atoms with Gasteiger partial charge in [-0.25, -0.2) is 15.0 Å². The van der Waals surface area contributed by atoms with Gasteiger partial charge in [0.25, 0.3) is 0 Å². The lowest BCUT2D eigenvalue weighted by molar-refractivity contribution is -0.162. The van der Waals surface area contributed by atoms with E-state index in [0.717, 1.165) is 6.92 Å². The Hall–Kier alpha value is -2.22. The molecule has 3 aromatic rings. The number of fused-ring (bicyclic) bond motifs is 1. The SMILES string of the molecule is Cc1nc2cnc(Cc3ccnc(Cl)n3)cc2n1C(C)C(F)(F)F. The molecule has 9 heteroatoms. The van der Waals surface area contributed by atoms with E-state index in [-0.39, 0.29) is 5.28 Å². The van der Waals surface area contributed by atoms with Crippen LogP contribution < -0.4 is 0 Å². The Morgan fingerprint density at radius 2 is 1.96 bits per heavy atom. The van der Waals surface area contributed by atoms with Crippen molar-refractivity contribution in [1.29, 1.82) is 0 Å². The van der Waals surface area contributed by atoms with Crippen LogP contribution >= 0.6 is 11.6 Å². The molecule has 1 atom stereocenters. The molecule has 0 bridgehead atoms. The molecule has 0 saturated heterocycles. The van der Waals surface area contributed by atoms with E-state index in [1.807, 2.05) is 0 Å². The summed E-state index contributed by atoms with van der Waals surface area (Å²) in [6, 6.07) is 1.61. The number of aryl methyl sites for hydroxylation is 1. The molecule has 3 rings (SSSR count). The molecule has 1 unspecified atom stereocenters. The molecule has 0 aliphatic carbocycles. The molecule has 0 saturated carbocycles. The molecule has 0 fully saturated rings. The van der Waals surface area contributed by atoms with Crippen molar-refractivity contribution < 1.29 is 13.2 Å². The first-order valence-electron chi connectivity index (χ1n) is 7.13. The van der Waals surface area contributed by atoms with Gasteiger partial charge in [0.05, 0.1) is 17.4 Å². The molecule has 0 aliphatic heterocycles. The monoisotopic (exact) mass is 355 g/mol. The summed E-state index contributed by atoms with van der Waals surface area (Å²) in [5, 5.41) is 0.111. The van der Waals surface area contributed by atoms with Crippen LogP contribution in [-0.2, 0) is 6.42 Å². The normalized spacial score (nSPS) is 13.4. The number of halogens is 4. The first kappa shape index (κ1) is 16.6. The lowest BCUT2D eigenvalue weighted by atomic mass is 10.2. The molecule has 0 aliphatic rings. The van der Waals surface area contributed by atoms with Crippen LogP contribution in [0, 0.1) is 6.92 Å². The molecule has 0 aromatic carbocycles. The quantitative estimate of drug-likeness (QED) is 0.669. The fourth-order valence-electron chi connectivity index (χ4n) is 2.55. The minimum Gasteiger partial charge on any atom is -0.316 e. The number of nitrogens with zero attached hydrogens (tertiary/aromatic N) is 5. The summed E-state index contributed by atoms with van der Waals surface area (Å²) < 4.78 is 40.5. The minimum absolute atomic E-state index is 0.111. The molecule has 0 amide bonds. The number of rotatable bonds is 3. The third-order valence-corrected chi connectivity index (χ3v) is 3.90. The maximum Gasteiger partial charge on any atom is 0.408 e. The molecule has 0 radical (unpaired) electrons. The minimum atomic E-state index is -4.36. The van der Waals surface area contributed by atoms with Crippen molar-refractivity contribution in [3.05, 3.63) is 47.0 Å². The Kier molecular flexibility index (Phi) is 4.16. The van der Waals surface area contributed by atoms with Crippen LogP contribution in [0.4, 0.5) is 13.2 Å². The van der Waals surface area contributed by atoms with Gasteiger partial charge in [0.1, 0.15) is 17.4 Å². The van der Waals surface area contributed by atoms with Gasteiger partial charge >= 0.3 is 6.18 Å². The van der Waals surface area contributed by atoms with Gasteiger partial charge in [-0.3, -0.25) is 4.98 Å². The number of hydrogen-bond donors (Lipinski definition) is 0. The van der Waals surface area contributed by atoms with E-state index in [4.69, 9.17) is 11.6 Å². The number of alkyl halides is 3. The van der Waals surface area contributed by atoms with Crippen molar-refractivity contribution in [1.82, 2.24) is 24.5 Å². The lowest BCUT2D eigenvalue weighted by Gasteiger charge is -2.19. The Labute approximate surface area is 140 Å². The fourth-order valence-corrected chi connectivity index (χ4v) is 2.71. The smallest absolute Gasteiger partial charge is 0.316 e. The van der Waals surface area contributed by atoms with E-state index in [2.05, 4.69) is 19.9 Å². The van der Waals surface area contributed by atoms with E-state index in [1.165, 1.54) is 17.0 Å². The Morgan fingerprint density at radius 3 is 2.62 bits per heavy atom. The molecule has 24 heavy (non-hydrogen) atoms. The first-order chi connectivity index (χ1) is 11.3. The standard InChI is InChI=1S/C15H13ClF3N5/c1-8(15(17,18)19)24-9(2)22-12-7-21-11(6-13(12)24)5-10-3-4-20-14(16)23-10/h3-4,6-8H,5H2,1-2H3. The third-order valence-electron chi connectivity index (χ3n) is 3.72. The van der Waals surface area contributed by atoms with E-state index in [9.17, 15) is 13.2 Å². The predicted molar refractivity (Wildman–Crippen MR) is 82.9 cm³/mol. The third kappa shape index (κ3) is 3.19. The fraction of sp³-hybridized carbons (Fsp3) is 0.333. The predicted octanol–water partition coefficient (Wildman–Crippen LogP) is 3.90. The second kappa shape index (κ2) is 6.01. The first-order valence-corrected chi connectivity index (χ1v) is 7.51. The molecular formula is C15H13ClF3N5. The van der Waals surface area contributed by atoms with Crippen LogP contribution in [0.2, 0.25) is 5.28 Å². The van der Waals surface area contributed by atoms with Crippen LogP contribution in [0.15, 0.2) is 24.5 Å². The highest BCUT2D eigenvalue weighted by Crippen LogP contribution is 2.33. The van der Waals surface area contributed by atoms with Crippen LogP contribution in [0.3, 0.4) is 0 Å². The van der Waals surface area contributed by atoms with Crippen molar-refractivity contribution in [3.63, 3.8) is 0 Å². The van der Waals surface area contributed by atoms with Crippen LogP contribution in [0.5, 0.6) is 0 Å². The van der Waals surface area contributed by atoms with Crippen molar-refractivity contribution in [2.75, 3.05) is 0 Å². The average molecular weight is 356 g/mol. The Bertz CT molecular complexity index is 890. The molecular weight excluding hydrogens is 343 g/mol. The zero-order chi connectivity index (χ0) is 17.5. The van der Waals surface area contributed by atoms with Crippen molar-refractivity contribution in [2.24, 2.45) is 0 Å². The van der Waals surface area contributed by atoms with Crippen LogP contribution in [-0.4, -0.2) is 30.7 Å². The summed E-state index contributed by atoms with van der Waals surface area (Å²) in [5.74, 6) is 0.291. The van der Waals surface area contributed by atoms with Gasteiger partial charge in [-0.1, -0.05) is 0 Å². The maximum atomic E-state index is 13.1. The number of pyridine rings is 1. The van der Waals surface area contributed by atoms with E-state index in [1.54, 1.807) is 19.1 Å². The number of imidazole rings is 1. The molecule has 5 nitrogen and oxygen atoms in total. The largest absolute Gasteiger partial charge is 0.408 e. The number of aromatic nitrogens is 5. The lowest BCUT2D eigenvalue weighted by Crippen LogP contribution is -2.24. The van der Waals surface area contributed by atoms with Crippen molar-refractivity contribution in [3.8, 4) is 0 Å². The summed E-state index contributed by atoms with van der Waals surface area (Å²) in [6.07, 6.45) is -1.03. The van der Waals surface area contributed by atoms with Crippen LogP contribution in [0.1, 0.15) is 30.2 Å². The average Bonchev–Trinajstić information content (AvgIpc) is 2.80. The van der Waals surface area contributed by atoms with E-state index in [0.29, 0.717) is 34.7 Å². The molecule has 126 valence electrons. The van der Waals surface area contributed by atoms with E-state index < -0.39 is 12.2 Å². The maximum absolute atomic E-state index is 13.1. The van der Waals surface area contributed by atoms with Gasteiger partial charge < -0.3 is 4.57 Å². The van der Waals surface area contributed by atoms with Crippen LogP contribution in [0.25, 0.3) is 11.0 Å². The molecule has 3 aromatic heterocycles.